The van der Waals surface area contributed by atoms with Crippen molar-refractivity contribution >= 4 is 23.9 Å². The number of hydrogen-bond acceptors (Lipinski definition) is 7. The summed E-state index contributed by atoms with van der Waals surface area (Å²) in [5.74, 6) is -6.13. The average molecular weight is 497 g/mol. The molecule has 11 heteroatoms. The average Bonchev–Trinajstić information content (AvgIpc) is 3.40. The second-order valence-electron chi connectivity index (χ2n) is 9.64. The second kappa shape index (κ2) is 9.79. The Labute approximate surface area is 201 Å². The van der Waals surface area contributed by atoms with E-state index in [1.807, 2.05) is 0 Å². The van der Waals surface area contributed by atoms with Gasteiger partial charge in [-0.25, -0.2) is 18.4 Å². The van der Waals surface area contributed by atoms with Crippen LogP contribution in [0.15, 0.2) is 18.2 Å². The van der Waals surface area contributed by atoms with Gasteiger partial charge in [0.05, 0.1) is 19.1 Å². The fraction of sp³-hybridized carbons (Fsp3) is 0.583. The summed E-state index contributed by atoms with van der Waals surface area (Å²) >= 11 is 0. The molecule has 192 valence electrons. The van der Waals surface area contributed by atoms with Crippen molar-refractivity contribution in [1.29, 1.82) is 0 Å². The van der Waals surface area contributed by atoms with Crippen LogP contribution in [0.25, 0.3) is 0 Å². The molecule has 2 saturated carbocycles. The number of hydrogen-bond donors (Lipinski definition) is 2. The van der Waals surface area contributed by atoms with Crippen LogP contribution in [0.1, 0.15) is 51.4 Å². The third-order valence-electron chi connectivity index (χ3n) is 6.01. The standard InChI is InChI=1S/C24H30F2N2O7/c1-6-33-20(30)17-16-15(27-19(29)12-8-13(25)10-14(26)9-12)11-24(18(16)17,21(31)34-7-2)28-22(32)35-23(3,4)5/h8-10,15-18H,6-7,11H2,1-5H3,(H,27,29)(H,28,32). The lowest BCUT2D eigenvalue weighted by Crippen LogP contribution is -2.59. The maximum atomic E-state index is 13.6. The number of esters is 2. The van der Waals surface area contributed by atoms with Gasteiger partial charge < -0.3 is 24.8 Å². The minimum absolute atomic E-state index is 0.0115. The van der Waals surface area contributed by atoms with Crippen LogP contribution in [0.5, 0.6) is 0 Å². The van der Waals surface area contributed by atoms with Crippen molar-refractivity contribution < 1.29 is 42.2 Å². The number of carbonyl (C=O) groups excluding carboxylic acids is 4. The highest BCUT2D eigenvalue weighted by Crippen LogP contribution is 2.63. The number of rotatable bonds is 7. The Balaban J connectivity index is 1.94. The first-order chi connectivity index (χ1) is 16.3. The molecule has 9 nitrogen and oxygen atoms in total. The van der Waals surface area contributed by atoms with E-state index in [-0.39, 0.29) is 25.2 Å². The molecule has 2 N–H and O–H groups in total. The summed E-state index contributed by atoms with van der Waals surface area (Å²) in [4.78, 5) is 51.3. The zero-order valence-electron chi connectivity index (χ0n) is 20.3. The molecule has 0 heterocycles. The van der Waals surface area contributed by atoms with Crippen molar-refractivity contribution in [2.45, 2.75) is 58.2 Å². The lowest BCUT2D eigenvalue weighted by molar-refractivity contribution is -0.153. The van der Waals surface area contributed by atoms with Gasteiger partial charge in [0.25, 0.3) is 5.91 Å². The Kier molecular flexibility index (Phi) is 7.37. The predicted octanol–water partition coefficient (Wildman–Crippen LogP) is 2.72. The zero-order chi connectivity index (χ0) is 26.1. The molecule has 0 spiro atoms. The van der Waals surface area contributed by atoms with Gasteiger partial charge in [-0.3, -0.25) is 9.59 Å². The molecule has 2 fully saturated rings. The van der Waals surface area contributed by atoms with Gasteiger partial charge in [-0.2, -0.15) is 0 Å². The summed E-state index contributed by atoms with van der Waals surface area (Å²) in [6.45, 7) is 8.30. The quantitative estimate of drug-likeness (QED) is 0.440. The molecule has 2 amide bonds. The molecule has 5 atom stereocenters. The maximum absolute atomic E-state index is 13.6. The molecule has 3 rings (SSSR count). The molecular weight excluding hydrogens is 466 g/mol. The van der Waals surface area contributed by atoms with Crippen LogP contribution in [-0.2, 0) is 23.8 Å². The van der Waals surface area contributed by atoms with Crippen LogP contribution in [0.2, 0.25) is 0 Å². The Morgan fingerprint density at radius 1 is 1.03 bits per heavy atom. The summed E-state index contributed by atoms with van der Waals surface area (Å²) in [6, 6.07) is 1.58. The molecule has 1 aromatic carbocycles. The molecule has 0 saturated heterocycles. The number of fused-ring (bicyclic) bond motifs is 1. The van der Waals surface area contributed by atoms with Crippen LogP contribution in [0.4, 0.5) is 13.6 Å². The van der Waals surface area contributed by atoms with Gasteiger partial charge in [0.15, 0.2) is 0 Å². The van der Waals surface area contributed by atoms with Crippen molar-refractivity contribution in [3.63, 3.8) is 0 Å². The first-order valence-electron chi connectivity index (χ1n) is 11.4. The van der Waals surface area contributed by atoms with E-state index in [1.165, 1.54) is 0 Å². The fourth-order valence-electron chi connectivity index (χ4n) is 4.87. The summed E-state index contributed by atoms with van der Waals surface area (Å²) in [5.41, 5.74) is -2.80. The fourth-order valence-corrected chi connectivity index (χ4v) is 4.87. The molecular formula is C24H30F2N2O7. The summed E-state index contributed by atoms with van der Waals surface area (Å²) < 4.78 is 43.0. The molecule has 0 aromatic heterocycles. The first kappa shape index (κ1) is 26.4. The number of halogens is 2. The smallest absolute Gasteiger partial charge is 0.408 e. The van der Waals surface area contributed by atoms with E-state index < -0.39 is 70.5 Å². The third kappa shape index (κ3) is 5.54. The Hall–Kier alpha value is -3.24. The van der Waals surface area contributed by atoms with Crippen LogP contribution in [0.3, 0.4) is 0 Å². The van der Waals surface area contributed by atoms with Gasteiger partial charge in [0.1, 0.15) is 22.8 Å². The Morgan fingerprint density at radius 2 is 1.63 bits per heavy atom. The van der Waals surface area contributed by atoms with Crippen LogP contribution in [-0.4, -0.2) is 54.3 Å². The highest BCUT2D eigenvalue weighted by molar-refractivity contribution is 5.95. The lowest BCUT2D eigenvalue weighted by atomic mass is 9.88. The van der Waals surface area contributed by atoms with Crippen molar-refractivity contribution in [2.75, 3.05) is 13.2 Å². The number of amides is 2. The van der Waals surface area contributed by atoms with Crippen molar-refractivity contribution in [3.8, 4) is 0 Å². The topological polar surface area (TPSA) is 120 Å². The van der Waals surface area contributed by atoms with Crippen LogP contribution < -0.4 is 10.6 Å². The van der Waals surface area contributed by atoms with E-state index in [1.54, 1.807) is 34.6 Å². The summed E-state index contributed by atoms with van der Waals surface area (Å²) in [7, 11) is 0. The van der Waals surface area contributed by atoms with E-state index in [4.69, 9.17) is 14.2 Å². The molecule has 2 aliphatic carbocycles. The van der Waals surface area contributed by atoms with Gasteiger partial charge in [0.2, 0.25) is 0 Å². The van der Waals surface area contributed by atoms with E-state index in [2.05, 4.69) is 10.6 Å². The Bertz CT molecular complexity index is 1010. The van der Waals surface area contributed by atoms with Crippen molar-refractivity contribution in [3.05, 3.63) is 35.4 Å². The lowest BCUT2D eigenvalue weighted by Gasteiger charge is -2.33. The molecule has 2 aliphatic rings. The monoisotopic (exact) mass is 496 g/mol. The van der Waals surface area contributed by atoms with E-state index >= 15 is 0 Å². The molecule has 0 radical (unpaired) electrons. The normalized spacial score (nSPS) is 26.8. The van der Waals surface area contributed by atoms with Crippen molar-refractivity contribution in [1.82, 2.24) is 10.6 Å². The largest absolute Gasteiger partial charge is 0.466 e. The van der Waals surface area contributed by atoms with Crippen LogP contribution >= 0.6 is 0 Å². The molecule has 35 heavy (non-hydrogen) atoms. The van der Waals surface area contributed by atoms with E-state index in [0.29, 0.717) is 6.07 Å². The first-order valence-corrected chi connectivity index (χ1v) is 11.4. The number of nitrogens with one attached hydrogen (secondary N) is 2. The van der Waals surface area contributed by atoms with Crippen LogP contribution in [0, 0.1) is 29.4 Å². The number of benzene rings is 1. The highest BCUT2D eigenvalue weighted by Gasteiger charge is 2.76. The van der Waals surface area contributed by atoms with Gasteiger partial charge in [-0.05, 0) is 52.7 Å². The summed E-state index contributed by atoms with van der Waals surface area (Å²) in [5, 5.41) is 5.26. The highest BCUT2D eigenvalue weighted by atomic mass is 19.1. The van der Waals surface area contributed by atoms with Gasteiger partial charge >= 0.3 is 18.0 Å². The number of alkyl carbamates (subject to hydrolysis) is 1. The summed E-state index contributed by atoms with van der Waals surface area (Å²) in [6.07, 6.45) is -1.00. The van der Waals surface area contributed by atoms with E-state index in [0.717, 1.165) is 12.1 Å². The van der Waals surface area contributed by atoms with Crippen molar-refractivity contribution in [2.24, 2.45) is 17.8 Å². The third-order valence-corrected chi connectivity index (χ3v) is 6.01. The molecule has 0 bridgehead atoms. The SMILES string of the molecule is CCOC(=O)C1C2C(NC(=O)c3cc(F)cc(F)c3)CC(NC(=O)OC(C)(C)C)(C(=O)OCC)C12. The maximum Gasteiger partial charge on any atom is 0.408 e. The number of carbonyl (C=O) groups is 4. The zero-order valence-corrected chi connectivity index (χ0v) is 20.3. The van der Waals surface area contributed by atoms with Gasteiger partial charge in [0, 0.05) is 30.0 Å². The molecule has 0 aliphatic heterocycles. The van der Waals surface area contributed by atoms with Gasteiger partial charge in [-0.1, -0.05) is 0 Å². The second-order valence-corrected chi connectivity index (χ2v) is 9.64. The van der Waals surface area contributed by atoms with E-state index in [9.17, 15) is 28.0 Å². The van der Waals surface area contributed by atoms with Gasteiger partial charge in [-0.15, -0.1) is 0 Å². The Morgan fingerprint density at radius 3 is 2.17 bits per heavy atom. The molecule has 1 aromatic rings. The molecule has 5 unspecified atom stereocenters. The minimum atomic E-state index is -1.68. The predicted molar refractivity (Wildman–Crippen MR) is 118 cm³/mol. The number of ether oxygens (including phenoxy) is 3. The minimum Gasteiger partial charge on any atom is -0.466 e.